The first kappa shape index (κ1) is 51.1. The van der Waals surface area contributed by atoms with Crippen LogP contribution in [0, 0.1) is 17.8 Å². The van der Waals surface area contributed by atoms with E-state index in [4.69, 9.17) is 19.3 Å². The lowest BCUT2D eigenvalue weighted by atomic mass is 9.90. The van der Waals surface area contributed by atoms with Gasteiger partial charge in [-0.1, -0.05) is 154 Å². The lowest BCUT2D eigenvalue weighted by molar-refractivity contribution is -0.161. The second kappa shape index (κ2) is 32.1. The van der Waals surface area contributed by atoms with Crippen molar-refractivity contribution in [2.75, 3.05) is 13.2 Å². The molecule has 0 amide bonds. The summed E-state index contributed by atoms with van der Waals surface area (Å²) < 4.78 is 26.4. The second-order valence-corrected chi connectivity index (χ2v) is 17.2. The Bertz CT molecular complexity index is 1120. The Morgan fingerprint density at radius 3 is 1.93 bits per heavy atom. The highest BCUT2D eigenvalue weighted by Crippen LogP contribution is 2.36. The molecule has 0 heterocycles. The highest BCUT2D eigenvalue weighted by Gasteiger charge is 2.39. The van der Waals surface area contributed by atoms with Gasteiger partial charge in [-0.3, -0.25) is 18.9 Å². The van der Waals surface area contributed by atoms with Gasteiger partial charge in [-0.05, 0) is 38.0 Å². The molecule has 4 N–H and O–H groups in total. The van der Waals surface area contributed by atoms with Gasteiger partial charge >= 0.3 is 19.8 Å². The molecule has 0 aliphatic heterocycles. The number of ether oxygens (including phenoxy) is 2. The van der Waals surface area contributed by atoms with Crippen molar-refractivity contribution in [2.45, 2.75) is 200 Å². The first-order chi connectivity index (χ1) is 26.3. The van der Waals surface area contributed by atoms with Crippen molar-refractivity contribution in [3.63, 3.8) is 0 Å². The highest BCUT2D eigenvalue weighted by molar-refractivity contribution is 7.46. The molecule has 55 heavy (non-hydrogen) atoms. The predicted molar refractivity (Wildman–Crippen MR) is 217 cm³/mol. The molecule has 0 aromatic heterocycles. The minimum absolute atomic E-state index is 0.0230. The fraction of sp³-hybridized carbons (Fsp3) is 0.837. The van der Waals surface area contributed by atoms with Crippen LogP contribution in [0.25, 0.3) is 0 Å². The van der Waals surface area contributed by atoms with E-state index in [9.17, 15) is 29.2 Å². The lowest BCUT2D eigenvalue weighted by Gasteiger charge is -2.18. The van der Waals surface area contributed by atoms with Crippen LogP contribution < -0.4 is 0 Å². The van der Waals surface area contributed by atoms with Crippen LogP contribution in [0.3, 0.4) is 0 Å². The number of ketones is 1. The number of Topliss-reactive ketones (excluding diaryl/α,β-unsaturated/α-hetero) is 1. The SMILES string of the molecule is CCCCC[C@H](O)/C=C/[C@H]1C(=O)C[C@H](O)[C@@H]1C/C=C\CCCC(=O)O[C@H](COC(=O)CCCCCCCCCCCCCCCCC(C)C)COP(=O)(O)O. The predicted octanol–water partition coefficient (Wildman–Crippen LogP) is 9.63. The molecule has 1 rings (SSSR count). The van der Waals surface area contributed by atoms with Crippen molar-refractivity contribution in [3.8, 4) is 0 Å². The van der Waals surface area contributed by atoms with Gasteiger partial charge in [0.15, 0.2) is 6.10 Å². The normalized spacial score (nSPS) is 18.8. The van der Waals surface area contributed by atoms with E-state index in [0.29, 0.717) is 32.1 Å². The number of unbranched alkanes of at least 4 members (excludes halogenated alkanes) is 16. The van der Waals surface area contributed by atoms with Crippen LogP contribution in [0.4, 0.5) is 0 Å². The van der Waals surface area contributed by atoms with Crippen LogP contribution in [0.5, 0.6) is 0 Å². The summed E-state index contributed by atoms with van der Waals surface area (Å²) in [6.07, 6.45) is 28.4. The van der Waals surface area contributed by atoms with Gasteiger partial charge in [-0.2, -0.15) is 0 Å². The first-order valence-corrected chi connectivity index (χ1v) is 23.1. The number of hydrogen-bond acceptors (Lipinski definition) is 9. The molecule has 0 radical (unpaired) electrons. The van der Waals surface area contributed by atoms with Gasteiger partial charge in [0.2, 0.25) is 0 Å². The molecular weight excluding hydrogens is 723 g/mol. The van der Waals surface area contributed by atoms with Gasteiger partial charge in [0.05, 0.1) is 18.8 Å². The number of rotatable bonds is 35. The smallest absolute Gasteiger partial charge is 0.462 e. The van der Waals surface area contributed by atoms with Gasteiger partial charge in [-0.25, -0.2) is 4.57 Å². The Labute approximate surface area is 332 Å². The second-order valence-electron chi connectivity index (χ2n) is 15.9. The molecule has 1 aliphatic rings. The maximum atomic E-state index is 12.5. The highest BCUT2D eigenvalue weighted by atomic mass is 31.2. The molecule has 1 saturated carbocycles. The monoisotopic (exact) mass is 801 g/mol. The minimum Gasteiger partial charge on any atom is -0.462 e. The quantitative estimate of drug-likeness (QED) is 0.0208. The molecular formula is C43H77O11P. The molecule has 5 atom stereocenters. The van der Waals surface area contributed by atoms with E-state index in [2.05, 4.69) is 25.3 Å². The summed E-state index contributed by atoms with van der Waals surface area (Å²) in [6.45, 7) is 5.70. The third-order valence-electron chi connectivity index (χ3n) is 10.3. The Hall–Kier alpha value is -1.88. The van der Waals surface area contributed by atoms with Crippen LogP contribution in [-0.4, -0.2) is 69.2 Å². The van der Waals surface area contributed by atoms with Crippen molar-refractivity contribution >= 4 is 25.5 Å². The zero-order valence-electron chi connectivity index (χ0n) is 34.5. The maximum absolute atomic E-state index is 12.5. The number of aliphatic hydroxyl groups excluding tert-OH is 2. The van der Waals surface area contributed by atoms with E-state index in [0.717, 1.165) is 44.4 Å². The van der Waals surface area contributed by atoms with E-state index in [1.807, 2.05) is 12.2 Å². The number of carbonyl (C=O) groups excluding carboxylic acids is 3. The van der Waals surface area contributed by atoms with E-state index in [1.165, 1.54) is 70.6 Å². The number of carbonyl (C=O) groups is 3. The van der Waals surface area contributed by atoms with Gasteiger partial charge in [0.1, 0.15) is 12.4 Å². The average molecular weight is 801 g/mol. The summed E-state index contributed by atoms with van der Waals surface area (Å²) in [7, 11) is -4.83. The summed E-state index contributed by atoms with van der Waals surface area (Å²) in [5.74, 6) is -1.02. The molecule has 12 heteroatoms. The number of allylic oxidation sites excluding steroid dienone is 3. The molecule has 0 bridgehead atoms. The van der Waals surface area contributed by atoms with E-state index >= 15 is 0 Å². The third-order valence-corrected chi connectivity index (χ3v) is 10.8. The molecule has 0 aromatic carbocycles. The van der Waals surface area contributed by atoms with Crippen LogP contribution in [0.1, 0.15) is 181 Å². The Morgan fingerprint density at radius 1 is 0.782 bits per heavy atom. The molecule has 0 spiro atoms. The minimum atomic E-state index is -4.83. The van der Waals surface area contributed by atoms with Crippen molar-refractivity contribution in [1.82, 2.24) is 0 Å². The number of phosphoric acid groups is 1. The zero-order chi connectivity index (χ0) is 40.7. The van der Waals surface area contributed by atoms with Crippen LogP contribution in [-0.2, 0) is 32.9 Å². The lowest BCUT2D eigenvalue weighted by Crippen LogP contribution is -2.29. The maximum Gasteiger partial charge on any atom is 0.469 e. The van der Waals surface area contributed by atoms with Crippen molar-refractivity contribution < 1.29 is 52.9 Å². The summed E-state index contributed by atoms with van der Waals surface area (Å²) in [4.78, 5) is 55.5. The molecule has 320 valence electrons. The Kier molecular flexibility index (Phi) is 29.9. The summed E-state index contributed by atoms with van der Waals surface area (Å²) >= 11 is 0. The Balaban J connectivity index is 2.27. The molecule has 0 aromatic rings. The summed E-state index contributed by atoms with van der Waals surface area (Å²) in [5, 5.41) is 20.6. The van der Waals surface area contributed by atoms with Crippen LogP contribution >= 0.6 is 7.82 Å². The van der Waals surface area contributed by atoms with E-state index in [-0.39, 0.29) is 37.6 Å². The van der Waals surface area contributed by atoms with Crippen molar-refractivity contribution in [2.24, 2.45) is 17.8 Å². The summed E-state index contributed by atoms with van der Waals surface area (Å²) in [5.41, 5.74) is 0. The van der Waals surface area contributed by atoms with Crippen LogP contribution in [0.2, 0.25) is 0 Å². The first-order valence-electron chi connectivity index (χ1n) is 21.6. The number of aliphatic hydroxyl groups is 2. The fourth-order valence-corrected chi connectivity index (χ4v) is 7.31. The number of phosphoric ester groups is 1. The molecule has 0 saturated heterocycles. The number of esters is 2. The largest absolute Gasteiger partial charge is 0.469 e. The zero-order valence-corrected chi connectivity index (χ0v) is 35.4. The topological polar surface area (TPSA) is 177 Å². The summed E-state index contributed by atoms with van der Waals surface area (Å²) in [6, 6.07) is 0. The van der Waals surface area contributed by atoms with Gasteiger partial charge < -0.3 is 29.5 Å². The third kappa shape index (κ3) is 29.1. The van der Waals surface area contributed by atoms with Gasteiger partial charge in [0.25, 0.3) is 0 Å². The fourth-order valence-electron chi connectivity index (χ4n) is 6.95. The van der Waals surface area contributed by atoms with E-state index < -0.39 is 50.6 Å². The molecule has 11 nitrogen and oxygen atoms in total. The standard InChI is InChI=1S/C43H77O11P/c1-4-5-20-26-36(44)30-31-39-38(40(45)32-41(39)46)27-22-18-19-24-29-43(48)54-37(34-53-55(49,50)51)33-52-42(47)28-23-17-15-13-11-9-7-6-8-10-12-14-16-21-25-35(2)3/h18,22,30-31,35-40,44-45H,4-17,19-21,23-29,32-34H2,1-3H3,(H2,49,50,51)/b22-18-,31-30+/t36-,37+,38+,39+,40-/m0/s1. The number of hydrogen-bond donors (Lipinski definition) is 4. The van der Waals surface area contributed by atoms with E-state index in [1.54, 1.807) is 12.2 Å². The molecule has 1 fully saturated rings. The average Bonchev–Trinajstić information content (AvgIpc) is 3.39. The Morgan fingerprint density at radius 2 is 1.35 bits per heavy atom. The van der Waals surface area contributed by atoms with Gasteiger partial charge in [-0.15, -0.1) is 0 Å². The molecule has 0 unspecified atom stereocenters. The van der Waals surface area contributed by atoms with Crippen molar-refractivity contribution in [3.05, 3.63) is 24.3 Å². The van der Waals surface area contributed by atoms with Gasteiger partial charge in [0, 0.05) is 31.1 Å². The van der Waals surface area contributed by atoms with Crippen molar-refractivity contribution in [1.29, 1.82) is 0 Å². The molecule has 1 aliphatic carbocycles. The van der Waals surface area contributed by atoms with Crippen LogP contribution in [0.15, 0.2) is 24.3 Å².